The fraction of sp³-hybridized carbons (Fsp3) is 0.583. The Morgan fingerprint density at radius 3 is 2.47 bits per heavy atom. The lowest BCUT2D eigenvalue weighted by molar-refractivity contribution is -0.0352. The lowest BCUT2D eigenvalue weighted by atomic mass is 9.72. The average molecular weight is 223 g/mol. The number of aryl methyl sites for hydroxylation is 1. The van der Waals surface area contributed by atoms with E-state index < -0.39 is 11.0 Å². The quantitative estimate of drug-likeness (QED) is 0.855. The van der Waals surface area contributed by atoms with Crippen molar-refractivity contribution in [2.24, 2.45) is 5.41 Å². The molecule has 0 aliphatic rings. The average Bonchev–Trinajstić information content (AvgIpc) is 2.63. The van der Waals surface area contributed by atoms with Crippen LogP contribution in [0.5, 0.6) is 0 Å². The fourth-order valence-corrected chi connectivity index (χ4v) is 2.77. The zero-order valence-corrected chi connectivity index (χ0v) is 10.5. The first-order valence-corrected chi connectivity index (χ1v) is 5.95. The van der Waals surface area contributed by atoms with Crippen molar-refractivity contribution >= 4 is 11.3 Å². The Hall–Kier alpha value is -0.850. The summed E-state index contributed by atoms with van der Waals surface area (Å²) in [5.74, 6) is 0. The molecule has 0 aliphatic heterocycles. The third-order valence-electron chi connectivity index (χ3n) is 3.33. The van der Waals surface area contributed by atoms with Gasteiger partial charge in [-0.1, -0.05) is 6.92 Å². The third-order valence-corrected chi connectivity index (χ3v) is 4.56. The maximum Gasteiger partial charge on any atom is 0.114 e. The van der Waals surface area contributed by atoms with Crippen LogP contribution in [0.25, 0.3) is 0 Å². The molecule has 82 valence electrons. The van der Waals surface area contributed by atoms with Crippen LogP contribution >= 0.6 is 11.3 Å². The Labute approximate surface area is 95.2 Å². The van der Waals surface area contributed by atoms with Gasteiger partial charge in [-0.05, 0) is 44.2 Å². The molecule has 2 unspecified atom stereocenters. The summed E-state index contributed by atoms with van der Waals surface area (Å²) in [7, 11) is 0. The number of nitrogens with zero attached hydrogens (tertiary/aromatic N) is 1. The Morgan fingerprint density at radius 2 is 2.13 bits per heavy atom. The first kappa shape index (κ1) is 12.2. The maximum absolute atomic E-state index is 10.6. The summed E-state index contributed by atoms with van der Waals surface area (Å²) in [6.07, 6.45) is 0.633. The highest BCUT2D eigenvalue weighted by molar-refractivity contribution is 7.10. The number of nitriles is 1. The highest BCUT2D eigenvalue weighted by Crippen LogP contribution is 2.44. The summed E-state index contributed by atoms with van der Waals surface area (Å²) in [6.45, 7) is 7.44. The molecular formula is C12H17NOS. The van der Waals surface area contributed by atoms with Crippen molar-refractivity contribution in [2.75, 3.05) is 0 Å². The van der Waals surface area contributed by atoms with Gasteiger partial charge in [0, 0.05) is 4.88 Å². The van der Waals surface area contributed by atoms with Gasteiger partial charge in [0.2, 0.25) is 0 Å². The molecule has 1 rings (SSSR count). The van der Waals surface area contributed by atoms with Crippen LogP contribution in [0.3, 0.4) is 0 Å². The zero-order valence-electron chi connectivity index (χ0n) is 9.66. The van der Waals surface area contributed by atoms with Gasteiger partial charge in [0.05, 0.1) is 11.5 Å². The molecule has 0 fully saturated rings. The molecular weight excluding hydrogens is 206 g/mol. The van der Waals surface area contributed by atoms with Crippen molar-refractivity contribution in [1.82, 2.24) is 0 Å². The van der Waals surface area contributed by atoms with E-state index in [9.17, 15) is 10.4 Å². The van der Waals surface area contributed by atoms with Crippen LogP contribution < -0.4 is 0 Å². The van der Waals surface area contributed by atoms with E-state index >= 15 is 0 Å². The second-order valence-corrected chi connectivity index (χ2v) is 5.22. The van der Waals surface area contributed by atoms with E-state index in [0.29, 0.717) is 6.42 Å². The molecule has 0 spiro atoms. The minimum atomic E-state index is -1.07. The number of thiophene rings is 1. The second-order valence-electron chi connectivity index (χ2n) is 4.30. The maximum atomic E-state index is 10.6. The molecule has 0 saturated carbocycles. The van der Waals surface area contributed by atoms with Gasteiger partial charge in [0.1, 0.15) is 5.60 Å². The Balaban J connectivity index is 3.25. The van der Waals surface area contributed by atoms with Crippen LogP contribution in [0.15, 0.2) is 11.4 Å². The molecule has 0 amide bonds. The normalized spacial score (nSPS) is 18.9. The molecule has 15 heavy (non-hydrogen) atoms. The molecule has 1 aromatic rings. The van der Waals surface area contributed by atoms with Crippen LogP contribution in [-0.4, -0.2) is 5.11 Å². The van der Waals surface area contributed by atoms with Crippen molar-refractivity contribution in [3.63, 3.8) is 0 Å². The first-order chi connectivity index (χ1) is 6.89. The second kappa shape index (κ2) is 3.96. The summed E-state index contributed by atoms with van der Waals surface area (Å²) >= 11 is 1.51. The standard InChI is InChI=1S/C12H17NOS/c1-5-11(3,8-13)12(4,14)10-9(2)6-7-15-10/h6-7,14H,5H2,1-4H3. The van der Waals surface area contributed by atoms with Crippen molar-refractivity contribution in [3.8, 4) is 6.07 Å². The lowest BCUT2D eigenvalue weighted by Crippen LogP contribution is -2.39. The highest BCUT2D eigenvalue weighted by Gasteiger charge is 2.45. The predicted octanol–water partition coefficient (Wildman–Crippen LogP) is 3.20. The molecule has 0 aromatic carbocycles. The number of aliphatic hydroxyl groups is 1. The van der Waals surface area contributed by atoms with Gasteiger partial charge in [-0.25, -0.2) is 0 Å². The van der Waals surface area contributed by atoms with E-state index in [2.05, 4.69) is 6.07 Å². The monoisotopic (exact) mass is 223 g/mol. The summed E-state index contributed by atoms with van der Waals surface area (Å²) in [6, 6.07) is 4.21. The van der Waals surface area contributed by atoms with Crippen LogP contribution in [0.2, 0.25) is 0 Å². The summed E-state index contributed by atoms with van der Waals surface area (Å²) in [4.78, 5) is 0.897. The fourth-order valence-electron chi connectivity index (χ4n) is 1.65. The van der Waals surface area contributed by atoms with E-state index in [-0.39, 0.29) is 0 Å². The van der Waals surface area contributed by atoms with Gasteiger partial charge in [-0.3, -0.25) is 0 Å². The molecule has 1 aromatic heterocycles. The number of hydrogen-bond donors (Lipinski definition) is 1. The van der Waals surface area contributed by atoms with Crippen molar-refractivity contribution in [3.05, 3.63) is 21.9 Å². The third kappa shape index (κ3) is 1.80. The molecule has 1 heterocycles. The molecule has 0 radical (unpaired) electrons. The Kier molecular flexibility index (Phi) is 3.22. The van der Waals surface area contributed by atoms with E-state index in [1.165, 1.54) is 11.3 Å². The van der Waals surface area contributed by atoms with Gasteiger partial charge < -0.3 is 5.11 Å². The predicted molar refractivity (Wildman–Crippen MR) is 62.6 cm³/mol. The van der Waals surface area contributed by atoms with Gasteiger partial charge in [-0.15, -0.1) is 11.3 Å². The Morgan fingerprint density at radius 1 is 1.53 bits per heavy atom. The molecule has 2 atom stereocenters. The van der Waals surface area contributed by atoms with E-state index in [1.54, 1.807) is 6.92 Å². The van der Waals surface area contributed by atoms with Crippen molar-refractivity contribution in [2.45, 2.75) is 39.7 Å². The number of rotatable bonds is 3. The van der Waals surface area contributed by atoms with E-state index in [4.69, 9.17) is 0 Å². The largest absolute Gasteiger partial charge is 0.383 e. The van der Waals surface area contributed by atoms with Gasteiger partial charge in [0.15, 0.2) is 0 Å². The zero-order chi connectivity index (χ0) is 11.7. The molecule has 1 N–H and O–H groups in total. The minimum absolute atomic E-state index is 0.633. The summed E-state index contributed by atoms with van der Waals surface area (Å²) in [5.41, 5.74) is -0.753. The molecule has 3 heteroatoms. The minimum Gasteiger partial charge on any atom is -0.383 e. The van der Waals surface area contributed by atoms with E-state index in [0.717, 1.165) is 10.4 Å². The van der Waals surface area contributed by atoms with E-state index in [1.807, 2.05) is 32.2 Å². The molecule has 2 nitrogen and oxygen atoms in total. The van der Waals surface area contributed by atoms with Gasteiger partial charge in [0.25, 0.3) is 0 Å². The topological polar surface area (TPSA) is 44.0 Å². The Bertz CT molecular complexity index is 389. The summed E-state index contributed by atoms with van der Waals surface area (Å²) in [5, 5.41) is 21.7. The van der Waals surface area contributed by atoms with Crippen molar-refractivity contribution < 1.29 is 5.11 Å². The molecule has 0 aliphatic carbocycles. The lowest BCUT2D eigenvalue weighted by Gasteiger charge is -2.36. The first-order valence-electron chi connectivity index (χ1n) is 5.07. The molecule has 0 saturated heterocycles. The SMILES string of the molecule is CCC(C)(C#N)C(C)(O)c1sccc1C. The van der Waals surface area contributed by atoms with Crippen LogP contribution in [0.1, 0.15) is 37.6 Å². The van der Waals surface area contributed by atoms with Crippen LogP contribution in [0.4, 0.5) is 0 Å². The summed E-state index contributed by atoms with van der Waals surface area (Å²) < 4.78 is 0. The van der Waals surface area contributed by atoms with Crippen molar-refractivity contribution in [1.29, 1.82) is 5.26 Å². The van der Waals surface area contributed by atoms with Crippen LogP contribution in [-0.2, 0) is 5.60 Å². The van der Waals surface area contributed by atoms with Gasteiger partial charge >= 0.3 is 0 Å². The highest BCUT2D eigenvalue weighted by atomic mass is 32.1. The number of hydrogen-bond acceptors (Lipinski definition) is 3. The van der Waals surface area contributed by atoms with Crippen LogP contribution in [0, 0.1) is 23.7 Å². The van der Waals surface area contributed by atoms with Gasteiger partial charge in [-0.2, -0.15) is 5.26 Å². The smallest absolute Gasteiger partial charge is 0.114 e. The molecule has 0 bridgehead atoms.